The van der Waals surface area contributed by atoms with Crippen molar-refractivity contribution in [1.82, 2.24) is 4.90 Å². The second-order valence-corrected chi connectivity index (χ2v) is 4.17. The Morgan fingerprint density at radius 1 is 1.47 bits per heavy atom. The van der Waals surface area contributed by atoms with Gasteiger partial charge in [-0.1, -0.05) is 30.3 Å². The van der Waals surface area contributed by atoms with Crippen LogP contribution in [0.25, 0.3) is 0 Å². The molecule has 0 aliphatic carbocycles. The van der Waals surface area contributed by atoms with E-state index in [1.807, 2.05) is 30.3 Å². The van der Waals surface area contributed by atoms with Gasteiger partial charge in [0.1, 0.15) is 6.61 Å². The summed E-state index contributed by atoms with van der Waals surface area (Å²) in [6.45, 7) is 0.319. The summed E-state index contributed by atoms with van der Waals surface area (Å²) in [5.41, 5.74) is 1.11. The molecule has 0 bridgehead atoms. The van der Waals surface area contributed by atoms with Crippen LogP contribution in [0, 0.1) is 0 Å². The lowest BCUT2D eigenvalue weighted by Gasteiger charge is -2.16. The predicted molar refractivity (Wildman–Crippen MR) is 68.3 cm³/mol. The van der Waals surface area contributed by atoms with Gasteiger partial charge in [-0.2, -0.15) is 0 Å². The standard InChI is InChI=1S/C14H15NO4/c1-18-13(16)7-8-15-12(10-19-14(15)17)9-11-5-3-2-4-6-11/h2-8,12H,9-10H2,1H3/b8-7+/t12-/m0/s1. The fourth-order valence-electron chi connectivity index (χ4n) is 1.91. The number of carbonyl (C=O) groups excluding carboxylic acids is 2. The molecule has 2 rings (SSSR count). The highest BCUT2D eigenvalue weighted by molar-refractivity contribution is 5.82. The SMILES string of the molecule is COC(=O)/C=C/N1C(=O)OC[C@@H]1Cc1ccccc1. The van der Waals surface area contributed by atoms with Gasteiger partial charge >= 0.3 is 12.1 Å². The molecule has 1 fully saturated rings. The van der Waals surface area contributed by atoms with Crippen molar-refractivity contribution in [3.8, 4) is 0 Å². The molecule has 1 amide bonds. The largest absolute Gasteiger partial charge is 0.466 e. The van der Waals surface area contributed by atoms with Crippen LogP contribution in [-0.4, -0.2) is 36.7 Å². The summed E-state index contributed by atoms with van der Waals surface area (Å²) in [4.78, 5) is 24.0. The average Bonchev–Trinajstić information content (AvgIpc) is 2.78. The molecule has 0 saturated carbocycles. The Hall–Kier alpha value is -2.30. The number of esters is 1. The summed E-state index contributed by atoms with van der Waals surface area (Å²) < 4.78 is 9.49. The van der Waals surface area contributed by atoms with Gasteiger partial charge in [0.05, 0.1) is 13.2 Å². The van der Waals surface area contributed by atoms with Crippen molar-refractivity contribution in [2.45, 2.75) is 12.5 Å². The lowest BCUT2D eigenvalue weighted by molar-refractivity contribution is -0.134. The number of hydrogen-bond donors (Lipinski definition) is 0. The van der Waals surface area contributed by atoms with Crippen molar-refractivity contribution in [3.05, 3.63) is 48.2 Å². The number of nitrogens with zero attached hydrogens (tertiary/aromatic N) is 1. The van der Waals surface area contributed by atoms with Gasteiger partial charge in [0.2, 0.25) is 0 Å². The van der Waals surface area contributed by atoms with E-state index >= 15 is 0 Å². The normalized spacial score (nSPS) is 18.7. The maximum Gasteiger partial charge on any atom is 0.414 e. The van der Waals surface area contributed by atoms with E-state index in [9.17, 15) is 9.59 Å². The van der Waals surface area contributed by atoms with Crippen molar-refractivity contribution in [2.24, 2.45) is 0 Å². The van der Waals surface area contributed by atoms with Crippen molar-refractivity contribution in [1.29, 1.82) is 0 Å². The van der Waals surface area contributed by atoms with Gasteiger partial charge in [0, 0.05) is 12.3 Å². The maximum atomic E-state index is 11.6. The summed E-state index contributed by atoms with van der Waals surface area (Å²) >= 11 is 0. The lowest BCUT2D eigenvalue weighted by Crippen LogP contribution is -2.30. The quantitative estimate of drug-likeness (QED) is 0.612. The molecule has 1 aliphatic heterocycles. The first-order chi connectivity index (χ1) is 9.20. The van der Waals surface area contributed by atoms with Crippen LogP contribution >= 0.6 is 0 Å². The smallest absolute Gasteiger partial charge is 0.414 e. The lowest BCUT2D eigenvalue weighted by atomic mass is 10.1. The van der Waals surface area contributed by atoms with Gasteiger partial charge in [-0.25, -0.2) is 9.59 Å². The highest BCUT2D eigenvalue weighted by Gasteiger charge is 2.31. The van der Waals surface area contributed by atoms with Gasteiger partial charge in [-0.05, 0) is 12.0 Å². The van der Waals surface area contributed by atoms with Crippen LogP contribution in [0.15, 0.2) is 42.6 Å². The molecule has 1 aromatic rings. The molecular formula is C14H15NO4. The van der Waals surface area contributed by atoms with Gasteiger partial charge in [0.25, 0.3) is 0 Å². The molecule has 5 heteroatoms. The molecule has 1 heterocycles. The molecule has 100 valence electrons. The van der Waals surface area contributed by atoms with E-state index in [4.69, 9.17) is 4.74 Å². The Morgan fingerprint density at radius 3 is 2.89 bits per heavy atom. The molecular weight excluding hydrogens is 246 g/mol. The summed E-state index contributed by atoms with van der Waals surface area (Å²) in [6, 6.07) is 9.71. The zero-order chi connectivity index (χ0) is 13.7. The summed E-state index contributed by atoms with van der Waals surface area (Å²) in [5, 5.41) is 0. The van der Waals surface area contributed by atoms with Crippen molar-refractivity contribution in [2.75, 3.05) is 13.7 Å². The van der Waals surface area contributed by atoms with E-state index in [0.29, 0.717) is 13.0 Å². The van der Waals surface area contributed by atoms with E-state index in [0.717, 1.165) is 5.56 Å². The van der Waals surface area contributed by atoms with Crippen LogP contribution in [-0.2, 0) is 20.7 Å². The number of benzene rings is 1. The molecule has 19 heavy (non-hydrogen) atoms. The number of hydrogen-bond acceptors (Lipinski definition) is 4. The third-order valence-corrected chi connectivity index (χ3v) is 2.89. The second kappa shape index (κ2) is 6.04. The minimum Gasteiger partial charge on any atom is -0.466 e. The predicted octanol–water partition coefficient (Wildman–Crippen LogP) is 1.74. The molecule has 1 aliphatic rings. The third kappa shape index (κ3) is 3.34. The van der Waals surface area contributed by atoms with Crippen LogP contribution in [0.2, 0.25) is 0 Å². The Labute approximate surface area is 111 Å². The van der Waals surface area contributed by atoms with Gasteiger partial charge < -0.3 is 9.47 Å². The summed E-state index contributed by atoms with van der Waals surface area (Å²) in [6.07, 6.45) is 2.86. The van der Waals surface area contributed by atoms with Crippen LogP contribution in [0.3, 0.4) is 0 Å². The van der Waals surface area contributed by atoms with E-state index < -0.39 is 12.1 Å². The highest BCUT2D eigenvalue weighted by Crippen LogP contribution is 2.17. The molecule has 1 saturated heterocycles. The van der Waals surface area contributed by atoms with Crippen molar-refractivity contribution < 1.29 is 19.1 Å². The monoisotopic (exact) mass is 261 g/mol. The Kier molecular flexibility index (Phi) is 4.18. The highest BCUT2D eigenvalue weighted by atomic mass is 16.6. The zero-order valence-corrected chi connectivity index (χ0v) is 10.6. The number of ether oxygens (including phenoxy) is 2. The topological polar surface area (TPSA) is 55.8 Å². The van der Waals surface area contributed by atoms with Crippen molar-refractivity contribution in [3.63, 3.8) is 0 Å². The maximum absolute atomic E-state index is 11.6. The molecule has 1 aromatic carbocycles. The van der Waals surface area contributed by atoms with E-state index in [2.05, 4.69) is 4.74 Å². The number of rotatable bonds is 4. The van der Waals surface area contributed by atoms with Gasteiger partial charge in [-0.3, -0.25) is 4.90 Å². The Bertz CT molecular complexity index is 483. The molecule has 1 atom stereocenters. The van der Waals surface area contributed by atoms with Crippen LogP contribution < -0.4 is 0 Å². The van der Waals surface area contributed by atoms with E-state index in [1.54, 1.807) is 0 Å². The molecule has 0 spiro atoms. The Balaban J connectivity index is 2.05. The molecule has 5 nitrogen and oxygen atoms in total. The fourth-order valence-corrected chi connectivity index (χ4v) is 1.91. The summed E-state index contributed by atoms with van der Waals surface area (Å²) in [5.74, 6) is -0.502. The van der Waals surface area contributed by atoms with Crippen LogP contribution in [0.5, 0.6) is 0 Å². The Morgan fingerprint density at radius 2 is 2.21 bits per heavy atom. The molecule has 0 aromatic heterocycles. The third-order valence-electron chi connectivity index (χ3n) is 2.89. The molecule has 0 unspecified atom stereocenters. The van der Waals surface area contributed by atoms with Crippen LogP contribution in [0.1, 0.15) is 5.56 Å². The summed E-state index contributed by atoms with van der Waals surface area (Å²) in [7, 11) is 1.29. The number of methoxy groups -OCH3 is 1. The number of cyclic esters (lactones) is 1. The van der Waals surface area contributed by atoms with E-state index in [1.165, 1.54) is 24.3 Å². The molecule has 0 N–H and O–H groups in total. The average molecular weight is 261 g/mol. The zero-order valence-electron chi connectivity index (χ0n) is 10.6. The number of carbonyl (C=O) groups is 2. The number of amides is 1. The molecule has 0 radical (unpaired) electrons. The first-order valence-electron chi connectivity index (χ1n) is 5.96. The van der Waals surface area contributed by atoms with Crippen molar-refractivity contribution >= 4 is 12.1 Å². The van der Waals surface area contributed by atoms with Gasteiger partial charge in [-0.15, -0.1) is 0 Å². The van der Waals surface area contributed by atoms with Crippen LogP contribution in [0.4, 0.5) is 4.79 Å². The fraction of sp³-hybridized carbons (Fsp3) is 0.286. The first-order valence-corrected chi connectivity index (χ1v) is 5.96. The second-order valence-electron chi connectivity index (χ2n) is 4.17. The van der Waals surface area contributed by atoms with Gasteiger partial charge in [0.15, 0.2) is 0 Å². The minimum atomic E-state index is -0.502. The minimum absolute atomic E-state index is 0.101. The first kappa shape index (κ1) is 13.1. The van der Waals surface area contributed by atoms with E-state index in [-0.39, 0.29) is 6.04 Å².